The van der Waals surface area contributed by atoms with Gasteiger partial charge in [-0.1, -0.05) is 251 Å². The van der Waals surface area contributed by atoms with Crippen LogP contribution in [0.25, 0.3) is 0 Å². The van der Waals surface area contributed by atoms with Gasteiger partial charge in [0.05, 0.1) is 23.9 Å². The molecule has 2 amide bonds. The zero-order chi connectivity index (χ0) is 89.6. The van der Waals surface area contributed by atoms with Crippen LogP contribution >= 0.6 is 0 Å². The fraction of sp³-hybridized carbons (Fsp3) is 0.900. The Morgan fingerprint density at radius 1 is 0.405 bits per heavy atom. The van der Waals surface area contributed by atoms with Gasteiger partial charge in [-0.05, 0) is 276 Å². The Morgan fingerprint density at radius 2 is 0.810 bits per heavy atom. The van der Waals surface area contributed by atoms with E-state index in [0.29, 0.717) is 29.4 Å². The molecule has 21 fully saturated rings. The number of aryl methyl sites for hydroxylation is 4. The molecule has 4 atom stereocenters. The van der Waals surface area contributed by atoms with Gasteiger partial charge in [0.15, 0.2) is 0 Å². The number of rotatable bonds is 1. The largest absolute Gasteiger partial charge is 0.393 e. The molecule has 16 nitrogen and oxygen atoms in total. The Morgan fingerprint density at radius 3 is 1.05 bits per heavy atom. The third-order valence-corrected chi connectivity index (χ3v) is 30.2. The smallest absolute Gasteiger partial charge is 0.222 e. The molecule has 728 valence electrons. The summed E-state index contributed by atoms with van der Waals surface area (Å²) in [4.78, 5) is 40.5. The highest BCUT2D eigenvalue weighted by Crippen LogP contribution is 2.49. The standard InChI is InChI=1S/C8H15N.C8H9N.C7H12.C6H8N2.C6H11NO.C6H13N.C6H10O.3C6H12.C5H9NO.C5H11N.C5H7N.C5H10O.2C5H10.2C4H8O.C4H8.C3H6O/c1-9-7-3-2-4-8(9)6-5-7;1-3-7-4-2-6-9-8(7)5-1;1-2-7-4-3-6(1)5-7;1-2-6-7-3-5-8(6)4-1;1-7-5-3-2-4-6(7)8;1-7-5-3-2-4-6-7;1-6-4-2-3-5(6)7-6;1-2-6-4-3-5-6;2*1-2-4-6-5-3-1;1-6-4-2-3-5(6)7;1-6-4-2-3-5-6;6-4-5-2-1-3-5;1-2-4-6-5-3-1;3*1-2-4-5-3-1;5-4-2-1-3-4;2*1-2-4-3-1/h7-8H,2-6H2,1H3;2,4,6H,1,3,5H2;6-7H,1-5H2;3,5H,1-2,4H2;2-5H2,1H3;2-6H2,1H3;5H,2-4H2,1H3;6H,2-5H2,1H3;2*1-6H2;2-4H2,1H3;2-5H2,1H3;5H,1-3H2;1-5H2;2*1-5H2;1-4H2;4-5H,1-3H2;1-4H2;1-3H2. The highest BCUT2D eigenvalue weighted by atomic mass is 16.6. The second-order valence-corrected chi connectivity index (χ2v) is 41.3. The van der Waals surface area contributed by atoms with E-state index in [2.05, 4.69) is 76.4 Å². The first-order valence-electron chi connectivity index (χ1n) is 54.7. The van der Waals surface area contributed by atoms with Gasteiger partial charge in [-0.15, -0.1) is 0 Å². The zero-order valence-electron chi connectivity index (χ0n) is 83.6. The minimum Gasteiger partial charge on any atom is -0.393 e. The van der Waals surface area contributed by atoms with Crippen molar-refractivity contribution < 1.29 is 33.6 Å². The Bertz CT molecular complexity index is 2670. The number of aliphatic hydroxyl groups excluding tert-OH is 1. The summed E-state index contributed by atoms with van der Waals surface area (Å²) in [5.74, 6) is 5.73. The van der Waals surface area contributed by atoms with Gasteiger partial charge >= 0.3 is 0 Å². The van der Waals surface area contributed by atoms with Crippen molar-refractivity contribution in [3.05, 3.63) is 47.8 Å². The van der Waals surface area contributed by atoms with E-state index in [1.165, 1.54) is 428 Å². The second-order valence-electron chi connectivity index (χ2n) is 41.3. The first-order chi connectivity index (χ1) is 61.7. The molecule has 11 aliphatic heterocycles. The SMILES string of the molecule is C1CC2CCC1C2.C1CCC1.C1CCCC1.C1CCCC1.C1CCCCC1.C1CCCCC1.C1CCOC1.C1CCOCC1.C1COC1.CC12CCCC1O2.CCC1CCC1.CN1C2CCCC1CC2.CN1CCCC1.CN1CCCC1=O.CN1CCCCC1.CN1CCCCC1=O.N#CC1CCC1.OC1CCC1.c1cn2c(n1)CCC2.c1cnc2c(c1)CCC2. The van der Waals surface area contributed by atoms with Gasteiger partial charge < -0.3 is 53.1 Å². The van der Waals surface area contributed by atoms with Crippen LogP contribution in [0.3, 0.4) is 0 Å². The highest BCUT2D eigenvalue weighted by molar-refractivity contribution is 5.77. The molecule has 2 aromatic rings. The second kappa shape index (κ2) is 73.9. The number of hydrogen-bond acceptors (Lipinski definition) is 13. The predicted molar refractivity (Wildman–Crippen MR) is 530 cm³/mol. The molecule has 4 bridgehead atoms. The lowest BCUT2D eigenvalue weighted by Gasteiger charge is -2.30. The van der Waals surface area contributed by atoms with Gasteiger partial charge in [0, 0.05) is 135 Å². The minimum atomic E-state index is 0.0648. The molecule has 16 heteroatoms. The summed E-state index contributed by atoms with van der Waals surface area (Å²) in [5, 5.41) is 16.6. The average molecular weight is 1760 g/mol. The number of fused-ring (bicyclic) bond motifs is 7. The lowest BCUT2D eigenvalue weighted by molar-refractivity contribution is -0.131. The number of ether oxygens (including phenoxy) is 4. The van der Waals surface area contributed by atoms with E-state index in [0.717, 1.165) is 122 Å². The van der Waals surface area contributed by atoms with Gasteiger partial charge in [-0.25, -0.2) is 4.98 Å². The van der Waals surface area contributed by atoms with E-state index in [4.69, 9.17) is 29.3 Å². The number of aromatic nitrogens is 3. The number of epoxide rings is 1. The first kappa shape index (κ1) is 111. The van der Waals surface area contributed by atoms with E-state index in [1.54, 1.807) is 41.9 Å². The number of amides is 2. The molecule has 13 heterocycles. The molecule has 0 spiro atoms. The van der Waals surface area contributed by atoms with Gasteiger partial charge in [0.25, 0.3) is 0 Å². The van der Waals surface area contributed by atoms with E-state index >= 15 is 0 Å². The van der Waals surface area contributed by atoms with Crippen LogP contribution in [0.5, 0.6) is 0 Å². The lowest BCUT2D eigenvalue weighted by atomic mass is 9.84. The topological polar surface area (TPSA) is 165 Å². The number of nitriles is 1. The maximum absolute atomic E-state index is 10.7. The normalized spacial score (nSPS) is 27.3. The molecule has 1 N–H and O–H groups in total. The van der Waals surface area contributed by atoms with Crippen LogP contribution in [-0.2, 0) is 54.3 Å². The number of hydrogen-bond donors (Lipinski definition) is 1. The van der Waals surface area contributed by atoms with Crippen LogP contribution in [0, 0.1) is 35.0 Å². The minimum absolute atomic E-state index is 0.0648. The van der Waals surface area contributed by atoms with Gasteiger partial charge in [-0.2, -0.15) is 5.26 Å². The van der Waals surface area contributed by atoms with Gasteiger partial charge in [0.1, 0.15) is 5.82 Å². The molecule has 11 saturated carbocycles. The quantitative estimate of drug-likeness (QED) is 0.268. The predicted octanol–water partition coefficient (Wildman–Crippen LogP) is 26.8. The number of pyridine rings is 1. The zero-order valence-corrected chi connectivity index (χ0v) is 83.6. The number of carbonyl (C=O) groups excluding carboxylic acids is 2. The summed E-state index contributed by atoms with van der Waals surface area (Å²) in [6.07, 6.45) is 103. The Kier molecular flexibility index (Phi) is 65.2. The fourth-order valence-corrected chi connectivity index (χ4v) is 19.6. The summed E-state index contributed by atoms with van der Waals surface area (Å²) < 4.78 is 22.3. The Balaban J connectivity index is 0.000000205. The summed E-state index contributed by atoms with van der Waals surface area (Å²) in [7, 11) is 10.4. The molecule has 10 saturated heterocycles. The number of piperidine rings is 3. The summed E-state index contributed by atoms with van der Waals surface area (Å²) in [6.45, 7) is 18.9. The summed E-state index contributed by atoms with van der Waals surface area (Å²) >= 11 is 0. The van der Waals surface area contributed by atoms with E-state index in [9.17, 15) is 9.59 Å². The third-order valence-electron chi connectivity index (χ3n) is 30.2. The monoisotopic (exact) mass is 1760 g/mol. The molecule has 4 unspecified atom stereocenters. The average Bonchev–Trinajstić information content (AvgIpc) is 1.60. The molecule has 25 rings (SSSR count). The van der Waals surface area contributed by atoms with Gasteiger partial charge in [0.2, 0.25) is 11.8 Å². The number of nitrogens with zero attached hydrogens (tertiary/aromatic N) is 9. The first-order valence-corrected chi connectivity index (χ1v) is 54.7. The molecular formula is C110H201N9O7. The van der Waals surface area contributed by atoms with Crippen LogP contribution < -0.4 is 0 Å². The molecule has 126 heavy (non-hydrogen) atoms. The van der Waals surface area contributed by atoms with Crippen molar-refractivity contribution in [1.82, 2.24) is 39.0 Å². The Labute approximate surface area is 776 Å². The van der Waals surface area contributed by atoms with Crippen LogP contribution in [-0.4, -0.2) is 200 Å². The molecule has 2 aromatic heterocycles. The maximum atomic E-state index is 10.7. The third kappa shape index (κ3) is 54.6. The summed E-state index contributed by atoms with van der Waals surface area (Å²) in [6, 6.07) is 8.32. The van der Waals surface area contributed by atoms with E-state index in [1.807, 2.05) is 38.8 Å². The molecule has 0 aromatic carbocycles. The Hall–Kier alpha value is -3.53. The van der Waals surface area contributed by atoms with Crippen LogP contribution in [0.15, 0.2) is 30.7 Å². The van der Waals surface area contributed by atoms with Crippen molar-refractivity contribution >= 4 is 11.8 Å². The van der Waals surface area contributed by atoms with Crippen molar-refractivity contribution in [2.45, 2.75) is 500 Å². The van der Waals surface area contributed by atoms with Gasteiger partial charge in [-0.3, -0.25) is 14.6 Å². The van der Waals surface area contributed by atoms with Crippen molar-refractivity contribution in [2.75, 3.05) is 114 Å². The fourth-order valence-electron chi connectivity index (χ4n) is 19.6. The number of aliphatic hydroxyl groups is 1. The van der Waals surface area contributed by atoms with E-state index < -0.39 is 0 Å². The molecule has 23 aliphatic rings. The van der Waals surface area contributed by atoms with Crippen LogP contribution in [0.4, 0.5) is 0 Å². The summed E-state index contributed by atoms with van der Waals surface area (Å²) in [5.41, 5.74) is 3.13. The number of carbonyl (C=O) groups is 2. The van der Waals surface area contributed by atoms with Crippen molar-refractivity contribution in [3.63, 3.8) is 0 Å². The molecule has 0 radical (unpaired) electrons. The number of imidazole rings is 1. The molecule has 12 aliphatic carbocycles. The van der Waals surface area contributed by atoms with Crippen LogP contribution in [0.1, 0.15) is 461 Å². The van der Waals surface area contributed by atoms with E-state index in [-0.39, 0.29) is 6.10 Å². The van der Waals surface area contributed by atoms with Crippen molar-refractivity contribution in [3.8, 4) is 6.07 Å². The van der Waals surface area contributed by atoms with Crippen molar-refractivity contribution in [2.24, 2.45) is 23.7 Å². The van der Waals surface area contributed by atoms with Crippen LogP contribution in [0.2, 0.25) is 0 Å². The highest BCUT2D eigenvalue weighted by Gasteiger charge is 2.55. The molecular weight excluding hydrogens is 1560 g/mol. The maximum Gasteiger partial charge on any atom is 0.222 e. The van der Waals surface area contributed by atoms with Crippen molar-refractivity contribution in [1.29, 1.82) is 5.26 Å². The number of likely N-dealkylation sites (tertiary alicyclic amines) is 4. The lowest BCUT2D eigenvalue weighted by Crippen LogP contribution is -2.35.